The van der Waals surface area contributed by atoms with E-state index in [1.54, 1.807) is 0 Å². The van der Waals surface area contributed by atoms with Crippen LogP contribution in [0.2, 0.25) is 0 Å². The largest absolute Gasteiger partial charge is 0.338 e. The van der Waals surface area contributed by atoms with Crippen LogP contribution in [0.15, 0.2) is 66.7 Å². The van der Waals surface area contributed by atoms with Crippen LogP contribution >= 0.6 is 11.3 Å². The lowest BCUT2D eigenvalue weighted by Crippen LogP contribution is -2.41. The predicted molar refractivity (Wildman–Crippen MR) is 134 cm³/mol. The normalized spacial score (nSPS) is 14.5. The van der Waals surface area contributed by atoms with Gasteiger partial charge in [-0.1, -0.05) is 35.9 Å². The number of nitrogens with zero attached hydrogens (tertiary/aromatic N) is 2. The first-order chi connectivity index (χ1) is 16.0. The van der Waals surface area contributed by atoms with Crippen LogP contribution < -0.4 is 5.32 Å². The number of carbonyl (C=O) groups excluding carboxylic acids is 2. The molecule has 168 valence electrons. The average molecular weight is 458 g/mol. The minimum absolute atomic E-state index is 0.0410. The zero-order valence-electron chi connectivity index (χ0n) is 18.9. The topological polar surface area (TPSA) is 54.3 Å². The maximum absolute atomic E-state index is 13.2. The first kappa shape index (κ1) is 21.5. The number of hydrogen-bond acceptors (Lipinski definition) is 3. The number of thiophene rings is 1. The third kappa shape index (κ3) is 4.31. The van der Waals surface area contributed by atoms with Gasteiger partial charge in [0.25, 0.3) is 5.91 Å². The summed E-state index contributed by atoms with van der Waals surface area (Å²) in [7, 11) is 0. The molecule has 2 aromatic heterocycles. The van der Waals surface area contributed by atoms with Crippen LogP contribution in [0, 0.1) is 19.8 Å². The Hall–Kier alpha value is -3.38. The molecular formula is C27H27N3O2S. The Morgan fingerprint density at radius 1 is 0.939 bits per heavy atom. The molecule has 1 aliphatic heterocycles. The van der Waals surface area contributed by atoms with Gasteiger partial charge in [-0.05, 0) is 63.1 Å². The van der Waals surface area contributed by atoms with Crippen molar-refractivity contribution in [2.45, 2.75) is 26.7 Å². The number of fused-ring (bicyclic) bond motifs is 1. The number of piperidine rings is 1. The van der Waals surface area contributed by atoms with Gasteiger partial charge >= 0.3 is 0 Å². The fraction of sp³-hybridized carbons (Fsp3) is 0.259. The number of likely N-dealkylation sites (tertiary alicyclic amines) is 1. The molecule has 3 heterocycles. The molecule has 1 aliphatic rings. The van der Waals surface area contributed by atoms with Crippen molar-refractivity contribution < 1.29 is 9.59 Å². The molecule has 33 heavy (non-hydrogen) atoms. The second-order valence-electron chi connectivity index (χ2n) is 8.74. The molecule has 5 nitrogen and oxygen atoms in total. The number of rotatable bonds is 4. The SMILES string of the molecule is Cc1ccc(NC(=O)C2CCN(C(=O)c3ccc(-n4c(C)cc5ccccc54)s3)CC2)cc1. The molecule has 1 saturated heterocycles. The number of carbonyl (C=O) groups is 2. The smallest absolute Gasteiger partial charge is 0.263 e. The highest BCUT2D eigenvalue weighted by Crippen LogP contribution is 2.30. The van der Waals surface area contributed by atoms with E-state index in [4.69, 9.17) is 0 Å². The monoisotopic (exact) mass is 457 g/mol. The minimum atomic E-state index is -0.0665. The van der Waals surface area contributed by atoms with E-state index in [0.29, 0.717) is 25.9 Å². The summed E-state index contributed by atoms with van der Waals surface area (Å²) in [5.74, 6) is 0.0280. The summed E-state index contributed by atoms with van der Waals surface area (Å²) in [5.41, 5.74) is 4.29. The molecular weight excluding hydrogens is 430 g/mol. The van der Waals surface area contributed by atoms with Gasteiger partial charge in [-0.25, -0.2) is 0 Å². The number of benzene rings is 2. The lowest BCUT2D eigenvalue weighted by Gasteiger charge is -2.31. The van der Waals surface area contributed by atoms with Crippen LogP contribution in [0.5, 0.6) is 0 Å². The summed E-state index contributed by atoms with van der Waals surface area (Å²) in [6.45, 7) is 5.32. The molecule has 0 unspecified atom stereocenters. The Kier molecular flexibility index (Phi) is 5.77. The first-order valence-electron chi connectivity index (χ1n) is 11.3. The van der Waals surface area contributed by atoms with Crippen molar-refractivity contribution in [1.82, 2.24) is 9.47 Å². The quantitative estimate of drug-likeness (QED) is 0.421. The molecule has 0 radical (unpaired) electrons. The molecule has 0 saturated carbocycles. The molecule has 1 fully saturated rings. The molecule has 5 rings (SSSR count). The van der Waals surface area contributed by atoms with E-state index in [1.165, 1.54) is 16.7 Å². The number of para-hydroxylation sites is 1. The van der Waals surface area contributed by atoms with Crippen LogP contribution in [-0.4, -0.2) is 34.4 Å². The van der Waals surface area contributed by atoms with Crippen LogP contribution in [0.4, 0.5) is 5.69 Å². The van der Waals surface area contributed by atoms with Gasteiger partial charge in [-0.3, -0.25) is 9.59 Å². The molecule has 4 aromatic rings. The van der Waals surface area contributed by atoms with E-state index in [-0.39, 0.29) is 17.7 Å². The standard InChI is InChI=1S/C27H27N3O2S/c1-18-7-9-22(10-8-18)28-26(31)20-13-15-29(16-14-20)27(32)24-11-12-25(33-24)30-19(2)17-21-5-3-4-6-23(21)30/h3-12,17,20H,13-16H2,1-2H3,(H,28,31). The van der Waals surface area contributed by atoms with Crippen molar-refractivity contribution in [3.8, 4) is 5.00 Å². The van der Waals surface area contributed by atoms with Gasteiger partial charge in [0.05, 0.1) is 10.4 Å². The van der Waals surface area contributed by atoms with Crippen molar-refractivity contribution >= 4 is 39.7 Å². The number of amides is 2. The third-order valence-electron chi connectivity index (χ3n) is 6.39. The summed E-state index contributed by atoms with van der Waals surface area (Å²) >= 11 is 1.52. The van der Waals surface area contributed by atoms with Gasteiger partial charge in [0.1, 0.15) is 5.00 Å². The van der Waals surface area contributed by atoms with Crippen LogP contribution in [0.3, 0.4) is 0 Å². The number of aromatic nitrogens is 1. The fourth-order valence-electron chi connectivity index (χ4n) is 4.53. The van der Waals surface area contributed by atoms with Gasteiger partial charge in [-0.2, -0.15) is 0 Å². The molecule has 0 bridgehead atoms. The van der Waals surface area contributed by atoms with Crippen LogP contribution in [0.25, 0.3) is 15.9 Å². The van der Waals surface area contributed by atoms with Crippen LogP contribution in [0.1, 0.15) is 33.8 Å². The summed E-state index contributed by atoms with van der Waals surface area (Å²) in [6, 6.07) is 22.2. The highest BCUT2D eigenvalue weighted by Gasteiger charge is 2.28. The lowest BCUT2D eigenvalue weighted by atomic mass is 9.95. The number of nitrogens with one attached hydrogen (secondary N) is 1. The third-order valence-corrected chi connectivity index (χ3v) is 7.45. The van der Waals surface area contributed by atoms with Gasteiger partial charge < -0.3 is 14.8 Å². The van der Waals surface area contributed by atoms with E-state index >= 15 is 0 Å². The zero-order chi connectivity index (χ0) is 22.9. The minimum Gasteiger partial charge on any atom is -0.338 e. The molecule has 0 spiro atoms. The predicted octanol–water partition coefficient (Wildman–Crippen LogP) is 5.80. The number of aryl methyl sites for hydroxylation is 2. The zero-order valence-corrected chi connectivity index (χ0v) is 19.7. The maximum atomic E-state index is 13.2. The Morgan fingerprint density at radius 3 is 2.42 bits per heavy atom. The number of hydrogen-bond donors (Lipinski definition) is 1. The summed E-state index contributed by atoms with van der Waals surface area (Å²) < 4.78 is 2.21. The molecule has 2 amide bonds. The second kappa shape index (κ2) is 8.87. The molecule has 6 heteroatoms. The van der Waals surface area contributed by atoms with Crippen molar-refractivity contribution in [2.24, 2.45) is 5.92 Å². The average Bonchev–Trinajstić information content (AvgIpc) is 3.43. The van der Waals surface area contributed by atoms with E-state index in [9.17, 15) is 9.59 Å². The van der Waals surface area contributed by atoms with E-state index in [2.05, 4.69) is 35.0 Å². The van der Waals surface area contributed by atoms with Crippen molar-refractivity contribution in [2.75, 3.05) is 18.4 Å². The Morgan fingerprint density at radius 2 is 1.67 bits per heavy atom. The van der Waals surface area contributed by atoms with Crippen molar-refractivity contribution in [1.29, 1.82) is 0 Å². The van der Waals surface area contributed by atoms with E-state index < -0.39 is 0 Å². The summed E-state index contributed by atoms with van der Waals surface area (Å²) in [5, 5.41) is 5.25. The van der Waals surface area contributed by atoms with Gasteiger partial charge in [-0.15, -0.1) is 11.3 Å². The Balaban J connectivity index is 1.23. The molecule has 0 atom stereocenters. The van der Waals surface area contributed by atoms with Gasteiger partial charge in [0.2, 0.25) is 5.91 Å². The second-order valence-corrected chi connectivity index (χ2v) is 9.80. The van der Waals surface area contributed by atoms with Crippen molar-refractivity contribution in [3.63, 3.8) is 0 Å². The van der Waals surface area contributed by atoms with E-state index in [1.807, 2.05) is 60.4 Å². The summed E-state index contributed by atoms with van der Waals surface area (Å²) in [4.78, 5) is 28.4. The molecule has 2 aromatic carbocycles. The molecule has 0 aliphatic carbocycles. The van der Waals surface area contributed by atoms with Gasteiger partial charge in [0, 0.05) is 35.8 Å². The summed E-state index contributed by atoms with van der Waals surface area (Å²) in [6.07, 6.45) is 1.37. The Labute approximate surface area is 197 Å². The first-order valence-corrected chi connectivity index (χ1v) is 12.2. The maximum Gasteiger partial charge on any atom is 0.263 e. The highest BCUT2D eigenvalue weighted by molar-refractivity contribution is 7.16. The lowest BCUT2D eigenvalue weighted by molar-refractivity contribution is -0.121. The van der Waals surface area contributed by atoms with E-state index in [0.717, 1.165) is 32.3 Å². The molecule has 1 N–H and O–H groups in total. The van der Waals surface area contributed by atoms with Gasteiger partial charge in [0.15, 0.2) is 0 Å². The van der Waals surface area contributed by atoms with Crippen LogP contribution in [-0.2, 0) is 4.79 Å². The van der Waals surface area contributed by atoms with Crippen molar-refractivity contribution in [3.05, 3.63) is 82.9 Å². The number of anilines is 1. The highest BCUT2D eigenvalue weighted by atomic mass is 32.1. The Bertz CT molecular complexity index is 1310. The fourth-order valence-corrected chi connectivity index (χ4v) is 5.58.